The summed E-state index contributed by atoms with van der Waals surface area (Å²) in [7, 11) is 0. The molecule has 0 unspecified atom stereocenters. The first-order valence-corrected chi connectivity index (χ1v) is 4.27. The number of nitrogens with two attached hydrogens (primary N) is 1. The maximum atomic E-state index is 12.6. The first-order chi connectivity index (χ1) is 7.24. The average molecular weight is 205 g/mol. The number of aromatic nitrogens is 2. The molecule has 0 radical (unpaired) electrons. The summed E-state index contributed by atoms with van der Waals surface area (Å²) >= 11 is 0. The molecular weight excluding hydrogens is 197 g/mol. The molecule has 0 saturated carbocycles. The molecule has 15 heavy (non-hydrogen) atoms. The second-order valence-electron chi connectivity index (χ2n) is 2.86. The molecule has 0 spiro atoms. The van der Waals surface area contributed by atoms with Gasteiger partial charge in [0.2, 0.25) is 5.89 Å². The Bertz CT molecular complexity index is 476. The number of benzene rings is 1. The summed E-state index contributed by atoms with van der Waals surface area (Å²) in [6.45, 7) is 0. The van der Waals surface area contributed by atoms with Crippen molar-refractivity contribution in [1.82, 2.24) is 10.2 Å². The molecular formula is C10H8FN3O. The highest BCUT2D eigenvalue weighted by Gasteiger charge is 1.96. The molecule has 0 saturated heterocycles. The van der Waals surface area contributed by atoms with Crippen molar-refractivity contribution >= 4 is 18.2 Å². The van der Waals surface area contributed by atoms with Crippen LogP contribution in [0.5, 0.6) is 0 Å². The smallest absolute Gasteiger partial charge is 0.313 e. The second-order valence-corrected chi connectivity index (χ2v) is 2.86. The SMILES string of the molecule is Nc1nnc(C=Cc2ccc(F)cc2)o1. The second kappa shape index (κ2) is 3.91. The van der Waals surface area contributed by atoms with Gasteiger partial charge in [-0.3, -0.25) is 0 Å². The van der Waals surface area contributed by atoms with Crippen molar-refractivity contribution in [3.63, 3.8) is 0 Å². The van der Waals surface area contributed by atoms with Crippen molar-refractivity contribution in [1.29, 1.82) is 0 Å². The lowest BCUT2D eigenvalue weighted by Gasteiger charge is -1.90. The predicted octanol–water partition coefficient (Wildman–Crippen LogP) is 1.96. The minimum atomic E-state index is -0.269. The number of anilines is 1. The van der Waals surface area contributed by atoms with Crippen molar-refractivity contribution in [3.8, 4) is 0 Å². The molecule has 1 heterocycles. The molecule has 1 aromatic heterocycles. The van der Waals surface area contributed by atoms with Gasteiger partial charge in [0.05, 0.1) is 0 Å². The summed E-state index contributed by atoms with van der Waals surface area (Å²) < 4.78 is 17.5. The lowest BCUT2D eigenvalue weighted by molar-refractivity contribution is 0.563. The molecule has 4 nitrogen and oxygen atoms in total. The number of nitrogen functional groups attached to an aromatic ring is 1. The van der Waals surface area contributed by atoms with Crippen LogP contribution in [0, 0.1) is 5.82 Å². The van der Waals surface area contributed by atoms with Crippen LogP contribution in [0.3, 0.4) is 0 Å². The Labute approximate surface area is 85.2 Å². The van der Waals surface area contributed by atoms with Crippen LogP contribution in [0.15, 0.2) is 28.7 Å². The van der Waals surface area contributed by atoms with E-state index in [1.807, 2.05) is 0 Å². The molecule has 2 aromatic rings. The Hall–Kier alpha value is -2.17. The van der Waals surface area contributed by atoms with Crippen LogP contribution in [0.25, 0.3) is 12.2 Å². The van der Waals surface area contributed by atoms with Gasteiger partial charge in [0.25, 0.3) is 0 Å². The molecule has 2 N–H and O–H groups in total. The van der Waals surface area contributed by atoms with E-state index in [1.165, 1.54) is 12.1 Å². The number of hydrogen-bond donors (Lipinski definition) is 1. The summed E-state index contributed by atoms with van der Waals surface area (Å²) in [6.07, 6.45) is 3.34. The van der Waals surface area contributed by atoms with Gasteiger partial charge in [0.15, 0.2) is 0 Å². The number of nitrogens with zero attached hydrogens (tertiary/aromatic N) is 2. The highest BCUT2D eigenvalue weighted by atomic mass is 19.1. The first kappa shape index (κ1) is 9.39. The molecule has 0 atom stereocenters. The number of rotatable bonds is 2. The summed E-state index contributed by atoms with van der Waals surface area (Å²) in [5, 5.41) is 7.14. The van der Waals surface area contributed by atoms with Crippen LogP contribution in [-0.2, 0) is 0 Å². The lowest BCUT2D eigenvalue weighted by Crippen LogP contribution is -1.81. The number of hydrogen-bond acceptors (Lipinski definition) is 4. The molecule has 1 aromatic carbocycles. The van der Waals surface area contributed by atoms with Gasteiger partial charge >= 0.3 is 6.01 Å². The summed E-state index contributed by atoms with van der Waals surface area (Å²) in [4.78, 5) is 0. The average Bonchev–Trinajstić information content (AvgIpc) is 2.64. The van der Waals surface area contributed by atoms with Gasteiger partial charge in [0, 0.05) is 6.08 Å². The molecule has 0 aliphatic rings. The fourth-order valence-corrected chi connectivity index (χ4v) is 1.06. The zero-order chi connectivity index (χ0) is 10.7. The van der Waals surface area contributed by atoms with Gasteiger partial charge < -0.3 is 10.2 Å². The van der Waals surface area contributed by atoms with E-state index < -0.39 is 0 Å². The topological polar surface area (TPSA) is 64.9 Å². The van der Waals surface area contributed by atoms with Gasteiger partial charge in [-0.25, -0.2) is 4.39 Å². The quantitative estimate of drug-likeness (QED) is 0.813. The van der Waals surface area contributed by atoms with Crippen LogP contribution >= 0.6 is 0 Å². The highest BCUT2D eigenvalue weighted by molar-refractivity contribution is 5.65. The monoisotopic (exact) mass is 205 g/mol. The fourth-order valence-electron chi connectivity index (χ4n) is 1.06. The van der Waals surface area contributed by atoms with E-state index in [0.717, 1.165) is 5.56 Å². The van der Waals surface area contributed by atoms with Gasteiger partial charge in [-0.2, -0.15) is 0 Å². The molecule has 0 amide bonds. The fraction of sp³-hybridized carbons (Fsp3) is 0. The van der Waals surface area contributed by atoms with Crippen LogP contribution in [0.2, 0.25) is 0 Å². The van der Waals surface area contributed by atoms with Gasteiger partial charge in [-0.1, -0.05) is 17.2 Å². The van der Waals surface area contributed by atoms with E-state index in [9.17, 15) is 4.39 Å². The third kappa shape index (κ3) is 2.40. The Morgan fingerprint density at radius 2 is 1.87 bits per heavy atom. The third-order valence-electron chi connectivity index (χ3n) is 1.74. The van der Waals surface area contributed by atoms with E-state index in [2.05, 4.69) is 10.2 Å². The van der Waals surface area contributed by atoms with Crippen molar-refractivity contribution < 1.29 is 8.81 Å². The van der Waals surface area contributed by atoms with Crippen molar-refractivity contribution in [2.24, 2.45) is 0 Å². The lowest BCUT2D eigenvalue weighted by atomic mass is 10.2. The molecule has 0 aliphatic heterocycles. The highest BCUT2D eigenvalue weighted by Crippen LogP contribution is 2.08. The molecule has 76 valence electrons. The summed E-state index contributed by atoms with van der Waals surface area (Å²) in [5.74, 6) is 0.0472. The van der Waals surface area contributed by atoms with E-state index in [-0.39, 0.29) is 11.8 Å². The minimum absolute atomic E-state index is 0.0220. The van der Waals surface area contributed by atoms with Crippen LogP contribution < -0.4 is 5.73 Å². The van der Waals surface area contributed by atoms with Crippen LogP contribution in [0.1, 0.15) is 11.5 Å². The largest absolute Gasteiger partial charge is 0.404 e. The Morgan fingerprint density at radius 1 is 1.13 bits per heavy atom. The van der Waals surface area contributed by atoms with E-state index in [4.69, 9.17) is 10.2 Å². The summed E-state index contributed by atoms with van der Waals surface area (Å²) in [6, 6.07) is 6.06. The Morgan fingerprint density at radius 3 is 2.47 bits per heavy atom. The summed E-state index contributed by atoms with van der Waals surface area (Å²) in [5.41, 5.74) is 6.08. The maximum Gasteiger partial charge on any atom is 0.313 e. The van der Waals surface area contributed by atoms with Gasteiger partial charge in [-0.05, 0) is 23.8 Å². The maximum absolute atomic E-state index is 12.6. The Kier molecular flexibility index (Phi) is 2.45. The van der Waals surface area contributed by atoms with E-state index in [1.54, 1.807) is 24.3 Å². The van der Waals surface area contributed by atoms with Gasteiger partial charge in [0.1, 0.15) is 5.82 Å². The van der Waals surface area contributed by atoms with Crippen LogP contribution in [0.4, 0.5) is 10.4 Å². The molecule has 5 heteroatoms. The van der Waals surface area contributed by atoms with Crippen molar-refractivity contribution in [3.05, 3.63) is 41.5 Å². The minimum Gasteiger partial charge on any atom is -0.404 e. The van der Waals surface area contributed by atoms with Crippen LogP contribution in [-0.4, -0.2) is 10.2 Å². The molecule has 0 aliphatic carbocycles. The van der Waals surface area contributed by atoms with Gasteiger partial charge in [-0.15, -0.1) is 5.10 Å². The number of halogens is 1. The third-order valence-corrected chi connectivity index (χ3v) is 1.74. The Balaban J connectivity index is 2.14. The zero-order valence-corrected chi connectivity index (χ0v) is 7.72. The van der Waals surface area contributed by atoms with Crippen molar-refractivity contribution in [2.75, 3.05) is 5.73 Å². The first-order valence-electron chi connectivity index (χ1n) is 4.27. The molecule has 2 rings (SSSR count). The van der Waals surface area contributed by atoms with Crippen molar-refractivity contribution in [2.45, 2.75) is 0 Å². The van der Waals surface area contributed by atoms with E-state index >= 15 is 0 Å². The standard InChI is InChI=1S/C10H8FN3O/c11-8-4-1-7(2-5-8)3-6-9-13-14-10(12)15-9/h1-6H,(H2,12,14). The normalized spacial score (nSPS) is 11.0. The predicted molar refractivity (Wildman–Crippen MR) is 54.0 cm³/mol. The van der Waals surface area contributed by atoms with E-state index in [0.29, 0.717) is 5.89 Å². The molecule has 0 fully saturated rings. The zero-order valence-electron chi connectivity index (χ0n) is 7.72. The molecule has 0 bridgehead atoms.